The Labute approximate surface area is 137 Å². The summed E-state index contributed by atoms with van der Waals surface area (Å²) in [6.45, 7) is 4.50. The number of pyridine rings is 1. The Morgan fingerprint density at radius 2 is 1.74 bits per heavy atom. The summed E-state index contributed by atoms with van der Waals surface area (Å²) < 4.78 is 31.3. The Morgan fingerprint density at radius 1 is 1.09 bits per heavy atom. The van der Waals surface area contributed by atoms with Gasteiger partial charge < -0.3 is 10.1 Å². The van der Waals surface area contributed by atoms with Crippen molar-refractivity contribution in [2.45, 2.75) is 18.7 Å². The minimum atomic E-state index is -3.47. The first-order valence-corrected chi connectivity index (χ1v) is 8.82. The first-order chi connectivity index (χ1) is 11.0. The van der Waals surface area contributed by atoms with Crippen LogP contribution in [0.5, 0.6) is 5.75 Å². The van der Waals surface area contributed by atoms with Crippen molar-refractivity contribution in [3.8, 4) is 5.75 Å². The summed E-state index contributed by atoms with van der Waals surface area (Å²) in [6, 6.07) is 10.6. The fraction of sp³-hybridized carbons (Fsp3) is 0.312. The molecule has 0 unspecified atom stereocenters. The van der Waals surface area contributed by atoms with Gasteiger partial charge in [-0.25, -0.2) is 13.4 Å². The molecule has 0 aliphatic heterocycles. The second kappa shape index (κ2) is 7.43. The van der Waals surface area contributed by atoms with Gasteiger partial charge in [-0.2, -0.15) is 4.31 Å². The minimum absolute atomic E-state index is 0.196. The zero-order valence-electron chi connectivity index (χ0n) is 13.5. The second-order valence-electron chi connectivity index (χ2n) is 4.82. The highest BCUT2D eigenvalue weighted by atomic mass is 32.2. The Kier molecular flexibility index (Phi) is 5.57. The van der Waals surface area contributed by atoms with Crippen molar-refractivity contribution < 1.29 is 13.2 Å². The Hall–Kier alpha value is -2.12. The molecule has 124 valence electrons. The smallest absolute Gasteiger partial charge is 0.244 e. The summed E-state index contributed by atoms with van der Waals surface area (Å²) in [5.74, 6) is 1.35. The van der Waals surface area contributed by atoms with Crippen LogP contribution in [0.4, 0.5) is 11.5 Å². The summed E-state index contributed by atoms with van der Waals surface area (Å²) >= 11 is 0. The Morgan fingerprint density at radius 3 is 2.22 bits per heavy atom. The number of benzene rings is 1. The van der Waals surface area contributed by atoms with Crippen LogP contribution < -0.4 is 10.1 Å². The summed E-state index contributed by atoms with van der Waals surface area (Å²) in [6.07, 6.45) is 1.37. The summed E-state index contributed by atoms with van der Waals surface area (Å²) in [7, 11) is -1.86. The molecule has 2 rings (SSSR count). The molecule has 1 aromatic carbocycles. The largest absolute Gasteiger partial charge is 0.497 e. The van der Waals surface area contributed by atoms with Gasteiger partial charge in [0.1, 0.15) is 16.5 Å². The highest BCUT2D eigenvalue weighted by molar-refractivity contribution is 7.89. The van der Waals surface area contributed by atoms with Gasteiger partial charge in [-0.1, -0.05) is 13.8 Å². The zero-order chi connectivity index (χ0) is 16.9. The van der Waals surface area contributed by atoms with Crippen molar-refractivity contribution >= 4 is 21.5 Å². The topological polar surface area (TPSA) is 71.5 Å². The molecule has 0 aliphatic carbocycles. The average Bonchev–Trinajstić information content (AvgIpc) is 2.57. The van der Waals surface area contributed by atoms with Gasteiger partial charge in [-0.3, -0.25) is 0 Å². The van der Waals surface area contributed by atoms with Gasteiger partial charge in [0.2, 0.25) is 10.0 Å². The van der Waals surface area contributed by atoms with Crippen LogP contribution in [-0.2, 0) is 10.0 Å². The first-order valence-electron chi connectivity index (χ1n) is 7.38. The maximum atomic E-state index is 12.4. The maximum Gasteiger partial charge on any atom is 0.244 e. The average molecular weight is 335 g/mol. The van der Waals surface area contributed by atoms with Gasteiger partial charge in [0.25, 0.3) is 0 Å². The van der Waals surface area contributed by atoms with Gasteiger partial charge in [0.05, 0.1) is 7.11 Å². The lowest BCUT2D eigenvalue weighted by Crippen LogP contribution is -2.30. The number of ether oxygens (including phenoxy) is 1. The normalized spacial score (nSPS) is 11.5. The molecular weight excluding hydrogens is 314 g/mol. The van der Waals surface area contributed by atoms with Crippen LogP contribution in [0.25, 0.3) is 0 Å². The Balaban J connectivity index is 2.15. The molecule has 0 saturated heterocycles. The van der Waals surface area contributed by atoms with E-state index in [4.69, 9.17) is 4.74 Å². The number of anilines is 2. The van der Waals surface area contributed by atoms with Gasteiger partial charge in [-0.15, -0.1) is 0 Å². The zero-order valence-corrected chi connectivity index (χ0v) is 14.3. The highest BCUT2D eigenvalue weighted by Gasteiger charge is 2.21. The van der Waals surface area contributed by atoms with Crippen LogP contribution in [0.2, 0.25) is 0 Å². The van der Waals surface area contributed by atoms with Gasteiger partial charge in [0, 0.05) is 25.0 Å². The van der Waals surface area contributed by atoms with Crippen molar-refractivity contribution in [1.82, 2.24) is 9.29 Å². The molecule has 1 N–H and O–H groups in total. The molecule has 7 heteroatoms. The lowest BCUT2D eigenvalue weighted by atomic mass is 10.3. The Bertz CT molecular complexity index is 724. The molecule has 0 spiro atoms. The lowest BCUT2D eigenvalue weighted by Gasteiger charge is -2.18. The van der Waals surface area contributed by atoms with Crippen LogP contribution in [0, 0.1) is 0 Å². The first kappa shape index (κ1) is 17.2. The number of nitrogens with zero attached hydrogens (tertiary/aromatic N) is 2. The van der Waals surface area contributed by atoms with E-state index in [9.17, 15) is 8.42 Å². The van der Waals surface area contributed by atoms with Crippen LogP contribution in [0.3, 0.4) is 0 Å². The number of rotatable bonds is 7. The highest BCUT2D eigenvalue weighted by Crippen LogP contribution is 2.20. The standard InChI is InChI=1S/C16H21N3O3S/c1-4-19(5-2)23(20,21)15-10-11-16(17-12-15)18-13-6-8-14(22-3)9-7-13/h6-12H,4-5H2,1-3H3,(H,17,18). The molecule has 0 atom stereocenters. The molecule has 0 fully saturated rings. The van der Waals surface area contributed by atoms with Gasteiger partial charge in [-0.05, 0) is 36.4 Å². The molecule has 0 radical (unpaired) electrons. The summed E-state index contributed by atoms with van der Waals surface area (Å²) in [5, 5.41) is 3.12. The number of methoxy groups -OCH3 is 1. The van der Waals surface area contributed by atoms with Gasteiger partial charge in [0.15, 0.2) is 0 Å². The number of aromatic nitrogens is 1. The number of hydrogen-bond acceptors (Lipinski definition) is 5. The van der Waals surface area contributed by atoms with E-state index in [0.717, 1.165) is 11.4 Å². The molecule has 1 heterocycles. The van der Waals surface area contributed by atoms with E-state index in [-0.39, 0.29) is 4.90 Å². The quantitative estimate of drug-likeness (QED) is 0.842. The molecule has 1 aromatic heterocycles. The number of hydrogen-bond donors (Lipinski definition) is 1. The third kappa shape index (κ3) is 4.00. The van der Waals surface area contributed by atoms with Gasteiger partial charge >= 0.3 is 0 Å². The third-order valence-corrected chi connectivity index (χ3v) is 5.48. The van der Waals surface area contributed by atoms with E-state index >= 15 is 0 Å². The summed E-state index contributed by atoms with van der Waals surface area (Å²) in [5.41, 5.74) is 0.845. The van der Waals surface area contributed by atoms with Crippen LogP contribution in [0.15, 0.2) is 47.5 Å². The van der Waals surface area contributed by atoms with E-state index < -0.39 is 10.0 Å². The van der Waals surface area contributed by atoms with Crippen LogP contribution in [-0.4, -0.2) is 37.9 Å². The van der Waals surface area contributed by atoms with Crippen molar-refractivity contribution in [2.75, 3.05) is 25.5 Å². The molecule has 23 heavy (non-hydrogen) atoms. The minimum Gasteiger partial charge on any atom is -0.497 e. The maximum absolute atomic E-state index is 12.4. The van der Waals surface area contributed by atoms with Crippen LogP contribution >= 0.6 is 0 Å². The monoisotopic (exact) mass is 335 g/mol. The number of sulfonamides is 1. The molecular formula is C16H21N3O3S. The van der Waals surface area contributed by atoms with E-state index in [1.165, 1.54) is 10.5 Å². The number of nitrogens with one attached hydrogen (secondary N) is 1. The molecule has 0 saturated carbocycles. The molecule has 6 nitrogen and oxygen atoms in total. The fourth-order valence-corrected chi connectivity index (χ4v) is 3.55. The molecule has 0 amide bonds. The lowest BCUT2D eigenvalue weighted by molar-refractivity contribution is 0.415. The van der Waals surface area contributed by atoms with E-state index in [0.29, 0.717) is 18.9 Å². The molecule has 0 bridgehead atoms. The molecule has 0 aliphatic rings. The van der Waals surface area contributed by atoms with Crippen LogP contribution in [0.1, 0.15) is 13.8 Å². The van der Waals surface area contributed by atoms with E-state index in [2.05, 4.69) is 10.3 Å². The second-order valence-corrected chi connectivity index (χ2v) is 6.76. The molecule has 2 aromatic rings. The predicted octanol–water partition coefficient (Wildman–Crippen LogP) is 2.86. The van der Waals surface area contributed by atoms with Crippen molar-refractivity contribution in [3.05, 3.63) is 42.6 Å². The van der Waals surface area contributed by atoms with E-state index in [1.807, 2.05) is 38.1 Å². The van der Waals surface area contributed by atoms with Crippen molar-refractivity contribution in [3.63, 3.8) is 0 Å². The fourth-order valence-electron chi connectivity index (χ4n) is 2.14. The van der Waals surface area contributed by atoms with Crippen molar-refractivity contribution in [2.24, 2.45) is 0 Å². The van der Waals surface area contributed by atoms with E-state index in [1.54, 1.807) is 19.2 Å². The van der Waals surface area contributed by atoms with Crippen molar-refractivity contribution in [1.29, 1.82) is 0 Å². The third-order valence-electron chi connectivity index (χ3n) is 3.44. The predicted molar refractivity (Wildman–Crippen MR) is 90.6 cm³/mol. The summed E-state index contributed by atoms with van der Waals surface area (Å²) in [4.78, 5) is 4.38. The SMILES string of the molecule is CCN(CC)S(=O)(=O)c1ccc(Nc2ccc(OC)cc2)nc1.